The van der Waals surface area contributed by atoms with Crippen molar-refractivity contribution in [3.8, 4) is 11.5 Å². The van der Waals surface area contributed by atoms with Gasteiger partial charge in [0.25, 0.3) is 5.91 Å². The van der Waals surface area contributed by atoms with E-state index in [1.165, 1.54) is 0 Å². The Labute approximate surface area is 151 Å². The fourth-order valence-corrected chi connectivity index (χ4v) is 3.10. The Morgan fingerprint density at radius 3 is 2.73 bits per heavy atom. The minimum atomic E-state index is -0.0271. The van der Waals surface area contributed by atoms with Crippen molar-refractivity contribution in [2.75, 3.05) is 39.1 Å². The third-order valence-corrected chi connectivity index (χ3v) is 4.47. The van der Waals surface area contributed by atoms with Crippen LogP contribution in [0.4, 0.5) is 5.95 Å². The molecule has 0 radical (unpaired) electrons. The molecule has 140 valence electrons. The van der Waals surface area contributed by atoms with Crippen molar-refractivity contribution in [3.05, 3.63) is 29.6 Å². The number of methoxy groups -OCH3 is 1. The molecular weight excluding hydrogens is 336 g/mol. The molecule has 9 nitrogen and oxygen atoms in total. The topological polar surface area (TPSA) is 132 Å². The fraction of sp³-hybridized carbons (Fsp3) is 0.471. The quantitative estimate of drug-likeness (QED) is 0.692. The summed E-state index contributed by atoms with van der Waals surface area (Å²) in [5.74, 6) is 2.36. The van der Waals surface area contributed by atoms with Crippen molar-refractivity contribution in [1.82, 2.24) is 20.1 Å². The number of benzene rings is 1. The van der Waals surface area contributed by atoms with Crippen molar-refractivity contribution in [2.45, 2.75) is 18.8 Å². The summed E-state index contributed by atoms with van der Waals surface area (Å²) in [5, 5.41) is 6.73. The number of hydrogen-bond donors (Lipinski definition) is 3. The van der Waals surface area contributed by atoms with Crippen molar-refractivity contribution in [1.29, 1.82) is 0 Å². The van der Waals surface area contributed by atoms with E-state index in [1.807, 2.05) is 4.90 Å². The van der Waals surface area contributed by atoms with Crippen LogP contribution in [-0.2, 0) is 0 Å². The first kappa shape index (κ1) is 18.0. The van der Waals surface area contributed by atoms with E-state index >= 15 is 0 Å². The van der Waals surface area contributed by atoms with Gasteiger partial charge in [0.2, 0.25) is 5.95 Å². The lowest BCUT2D eigenvalue weighted by Gasteiger charge is -2.31. The van der Waals surface area contributed by atoms with Crippen LogP contribution in [0.5, 0.6) is 11.5 Å². The molecule has 1 fully saturated rings. The molecule has 1 aromatic carbocycles. The molecule has 0 saturated carbocycles. The maximum atomic E-state index is 12.8. The first-order valence-corrected chi connectivity index (χ1v) is 8.60. The number of nitrogen functional groups attached to an aromatic ring is 1. The molecule has 3 rings (SSSR count). The van der Waals surface area contributed by atoms with E-state index in [9.17, 15) is 4.79 Å². The van der Waals surface area contributed by atoms with Gasteiger partial charge in [-0.1, -0.05) is 0 Å². The highest BCUT2D eigenvalue weighted by molar-refractivity contribution is 5.95. The molecule has 0 unspecified atom stereocenters. The third-order valence-electron chi connectivity index (χ3n) is 4.47. The minimum absolute atomic E-state index is 0.0271. The van der Waals surface area contributed by atoms with Crippen LogP contribution in [0.2, 0.25) is 0 Å². The third kappa shape index (κ3) is 3.88. The molecule has 0 spiro atoms. The molecular formula is C17H24N6O3. The second-order valence-electron chi connectivity index (χ2n) is 6.15. The number of carbonyl (C=O) groups excluding carboxylic acids is 1. The first-order chi connectivity index (χ1) is 12.6. The predicted molar refractivity (Wildman–Crippen MR) is 96.2 cm³/mol. The Bertz CT molecular complexity index is 755. The lowest BCUT2D eigenvalue weighted by Crippen LogP contribution is -2.38. The van der Waals surface area contributed by atoms with Gasteiger partial charge in [0, 0.05) is 31.1 Å². The van der Waals surface area contributed by atoms with E-state index in [2.05, 4.69) is 15.2 Å². The fourth-order valence-electron chi connectivity index (χ4n) is 3.10. The summed E-state index contributed by atoms with van der Waals surface area (Å²) in [5.41, 5.74) is 11.6. The molecule has 1 aliphatic heterocycles. The van der Waals surface area contributed by atoms with Crippen molar-refractivity contribution < 1.29 is 14.3 Å². The Kier molecular flexibility index (Phi) is 5.57. The number of H-pyrrole nitrogens is 1. The summed E-state index contributed by atoms with van der Waals surface area (Å²) in [6.45, 7) is 2.05. The Balaban J connectivity index is 1.66. The summed E-state index contributed by atoms with van der Waals surface area (Å²) in [6, 6.07) is 5.20. The lowest BCUT2D eigenvalue weighted by atomic mass is 9.95. The lowest BCUT2D eigenvalue weighted by molar-refractivity contribution is 0.0710. The van der Waals surface area contributed by atoms with Crippen LogP contribution in [0.15, 0.2) is 18.2 Å². The van der Waals surface area contributed by atoms with Crippen LogP contribution in [0.25, 0.3) is 0 Å². The number of ether oxygens (including phenoxy) is 2. The summed E-state index contributed by atoms with van der Waals surface area (Å²) in [7, 11) is 1.56. The molecule has 9 heteroatoms. The number of aromatic nitrogens is 3. The number of carbonyl (C=O) groups is 1. The van der Waals surface area contributed by atoms with E-state index in [0.717, 1.165) is 18.7 Å². The van der Waals surface area contributed by atoms with Crippen LogP contribution in [0.3, 0.4) is 0 Å². The van der Waals surface area contributed by atoms with E-state index in [1.54, 1.807) is 25.3 Å². The number of aromatic amines is 1. The van der Waals surface area contributed by atoms with Gasteiger partial charge in [-0.25, -0.2) is 0 Å². The Morgan fingerprint density at radius 2 is 2.12 bits per heavy atom. The standard InChI is InChI=1S/C17H24N6O3/c1-25-13-3-2-12(10-14(13)26-9-6-18)16(24)23-7-4-11(5-8-23)15-20-17(19)22-21-15/h2-3,10-11H,4-9,18H2,1H3,(H3,19,20,21,22). The van der Waals surface area contributed by atoms with Gasteiger partial charge in [0.1, 0.15) is 12.4 Å². The highest BCUT2D eigenvalue weighted by Gasteiger charge is 2.27. The normalized spacial score (nSPS) is 15.1. The van der Waals surface area contributed by atoms with Gasteiger partial charge in [-0.3, -0.25) is 9.89 Å². The maximum Gasteiger partial charge on any atom is 0.253 e. The number of likely N-dealkylation sites (tertiary alicyclic amines) is 1. The summed E-state index contributed by atoms with van der Waals surface area (Å²) >= 11 is 0. The van der Waals surface area contributed by atoms with Gasteiger partial charge in [-0.05, 0) is 31.0 Å². The molecule has 0 bridgehead atoms. The monoisotopic (exact) mass is 360 g/mol. The number of amides is 1. The molecule has 1 aromatic heterocycles. The smallest absolute Gasteiger partial charge is 0.253 e. The van der Waals surface area contributed by atoms with Gasteiger partial charge in [-0.2, -0.15) is 4.98 Å². The summed E-state index contributed by atoms with van der Waals surface area (Å²) in [4.78, 5) is 18.8. The van der Waals surface area contributed by atoms with Crippen LogP contribution in [0.1, 0.15) is 34.9 Å². The number of nitrogens with zero attached hydrogens (tertiary/aromatic N) is 3. The first-order valence-electron chi connectivity index (χ1n) is 8.60. The highest BCUT2D eigenvalue weighted by Crippen LogP contribution is 2.30. The molecule has 1 amide bonds. The summed E-state index contributed by atoms with van der Waals surface area (Å²) < 4.78 is 10.9. The maximum absolute atomic E-state index is 12.8. The van der Waals surface area contributed by atoms with Gasteiger partial charge in [0.15, 0.2) is 11.5 Å². The second kappa shape index (κ2) is 8.05. The molecule has 1 aliphatic rings. The predicted octanol–water partition coefficient (Wildman–Crippen LogP) is 0.753. The number of hydrogen-bond acceptors (Lipinski definition) is 7. The van der Waals surface area contributed by atoms with E-state index in [4.69, 9.17) is 20.9 Å². The van der Waals surface area contributed by atoms with Gasteiger partial charge >= 0.3 is 0 Å². The molecule has 2 aromatic rings. The Morgan fingerprint density at radius 1 is 1.35 bits per heavy atom. The van der Waals surface area contributed by atoms with E-state index < -0.39 is 0 Å². The molecule has 26 heavy (non-hydrogen) atoms. The molecule has 0 aliphatic carbocycles. The molecule has 2 heterocycles. The van der Waals surface area contributed by atoms with Gasteiger partial charge < -0.3 is 25.8 Å². The molecule has 1 saturated heterocycles. The van der Waals surface area contributed by atoms with Crippen molar-refractivity contribution in [3.63, 3.8) is 0 Å². The molecule has 0 atom stereocenters. The second-order valence-corrected chi connectivity index (χ2v) is 6.15. The molecule has 5 N–H and O–H groups in total. The highest BCUT2D eigenvalue weighted by atomic mass is 16.5. The SMILES string of the molecule is COc1ccc(C(=O)N2CCC(c3nc(N)n[nH]3)CC2)cc1OCCN. The summed E-state index contributed by atoms with van der Waals surface area (Å²) in [6.07, 6.45) is 1.63. The zero-order valence-electron chi connectivity index (χ0n) is 14.8. The van der Waals surface area contributed by atoms with E-state index in [0.29, 0.717) is 43.3 Å². The minimum Gasteiger partial charge on any atom is -0.493 e. The average molecular weight is 360 g/mol. The Hall–Kier alpha value is -2.81. The number of nitrogens with two attached hydrogens (primary N) is 2. The number of rotatable bonds is 6. The van der Waals surface area contributed by atoms with Crippen LogP contribution < -0.4 is 20.9 Å². The average Bonchev–Trinajstić information content (AvgIpc) is 3.12. The van der Waals surface area contributed by atoms with Crippen LogP contribution in [-0.4, -0.2) is 59.3 Å². The van der Waals surface area contributed by atoms with Crippen molar-refractivity contribution >= 4 is 11.9 Å². The zero-order chi connectivity index (χ0) is 18.5. The number of nitrogens with one attached hydrogen (secondary N) is 1. The van der Waals surface area contributed by atoms with Gasteiger partial charge in [0.05, 0.1) is 7.11 Å². The number of piperidine rings is 1. The number of anilines is 1. The largest absolute Gasteiger partial charge is 0.493 e. The zero-order valence-corrected chi connectivity index (χ0v) is 14.8. The van der Waals surface area contributed by atoms with Crippen LogP contribution >= 0.6 is 0 Å². The van der Waals surface area contributed by atoms with Crippen LogP contribution in [0, 0.1) is 0 Å². The van der Waals surface area contributed by atoms with E-state index in [-0.39, 0.29) is 17.8 Å². The van der Waals surface area contributed by atoms with Gasteiger partial charge in [-0.15, -0.1) is 5.10 Å². The van der Waals surface area contributed by atoms with Crippen molar-refractivity contribution in [2.24, 2.45) is 5.73 Å².